The molecule has 2 N–H and O–H groups in total. The van der Waals surface area contributed by atoms with E-state index < -0.39 is 0 Å². The van der Waals surface area contributed by atoms with Gasteiger partial charge in [-0.15, -0.1) is 5.10 Å². The van der Waals surface area contributed by atoms with Crippen LogP contribution in [0.4, 0.5) is 5.82 Å². The van der Waals surface area contributed by atoms with Crippen LogP contribution < -0.4 is 5.73 Å². The summed E-state index contributed by atoms with van der Waals surface area (Å²) in [5.74, 6) is 0.229. The second-order valence-corrected chi connectivity index (χ2v) is 4.17. The minimum atomic E-state index is 0.229. The van der Waals surface area contributed by atoms with Crippen molar-refractivity contribution in [1.82, 2.24) is 25.0 Å². The number of nitrogens with zero attached hydrogens (tertiary/aromatic N) is 5. The van der Waals surface area contributed by atoms with Crippen LogP contribution in [-0.2, 0) is 0 Å². The molecule has 0 atom stereocenters. The SMILES string of the molecule is Nc1ncnc(-c2cnnn2-c2ccccc2)c1Cl. The lowest BCUT2D eigenvalue weighted by atomic mass is 10.2. The van der Waals surface area contributed by atoms with Crippen LogP contribution in [0.15, 0.2) is 42.9 Å². The number of anilines is 1. The summed E-state index contributed by atoms with van der Waals surface area (Å²) >= 11 is 6.13. The molecule has 3 aromatic rings. The molecule has 0 spiro atoms. The molecule has 19 heavy (non-hydrogen) atoms. The molecule has 0 radical (unpaired) electrons. The molecule has 0 aliphatic rings. The number of hydrogen-bond donors (Lipinski definition) is 1. The van der Waals surface area contributed by atoms with Gasteiger partial charge in [0.15, 0.2) is 0 Å². The first-order valence-electron chi connectivity index (χ1n) is 5.50. The molecule has 0 aliphatic heterocycles. The van der Waals surface area contributed by atoms with Crippen molar-refractivity contribution in [2.24, 2.45) is 0 Å². The molecule has 0 amide bonds. The lowest BCUT2D eigenvalue weighted by Crippen LogP contribution is -2.02. The second-order valence-electron chi connectivity index (χ2n) is 3.79. The molecule has 0 aliphatic carbocycles. The van der Waals surface area contributed by atoms with E-state index in [9.17, 15) is 0 Å². The summed E-state index contributed by atoms with van der Waals surface area (Å²) in [6, 6.07) is 9.58. The minimum Gasteiger partial charge on any atom is -0.382 e. The third kappa shape index (κ3) is 2.02. The van der Waals surface area contributed by atoms with Crippen LogP contribution in [0.3, 0.4) is 0 Å². The fourth-order valence-electron chi connectivity index (χ4n) is 1.72. The lowest BCUT2D eigenvalue weighted by molar-refractivity contribution is 0.806. The summed E-state index contributed by atoms with van der Waals surface area (Å²) in [4.78, 5) is 7.98. The first-order chi connectivity index (χ1) is 9.27. The van der Waals surface area contributed by atoms with Gasteiger partial charge >= 0.3 is 0 Å². The topological polar surface area (TPSA) is 82.5 Å². The number of para-hydroxylation sites is 1. The number of aromatic nitrogens is 5. The van der Waals surface area contributed by atoms with Crippen LogP contribution in [0.2, 0.25) is 5.02 Å². The van der Waals surface area contributed by atoms with E-state index in [0.717, 1.165) is 5.69 Å². The van der Waals surface area contributed by atoms with Crippen molar-refractivity contribution in [1.29, 1.82) is 0 Å². The molecule has 94 valence electrons. The highest BCUT2D eigenvalue weighted by Gasteiger charge is 2.15. The van der Waals surface area contributed by atoms with Crippen LogP contribution in [0, 0.1) is 0 Å². The van der Waals surface area contributed by atoms with Crippen LogP contribution in [0.5, 0.6) is 0 Å². The summed E-state index contributed by atoms with van der Waals surface area (Å²) in [5, 5.41) is 8.23. The van der Waals surface area contributed by atoms with Gasteiger partial charge in [0.1, 0.15) is 28.6 Å². The third-order valence-electron chi connectivity index (χ3n) is 2.61. The van der Waals surface area contributed by atoms with E-state index in [1.165, 1.54) is 6.33 Å². The smallest absolute Gasteiger partial charge is 0.146 e. The molecular weight excluding hydrogens is 264 g/mol. The van der Waals surface area contributed by atoms with E-state index in [4.69, 9.17) is 17.3 Å². The monoisotopic (exact) mass is 272 g/mol. The minimum absolute atomic E-state index is 0.229. The molecule has 2 aromatic heterocycles. The van der Waals surface area contributed by atoms with Crippen LogP contribution in [0.1, 0.15) is 0 Å². The zero-order valence-electron chi connectivity index (χ0n) is 9.73. The molecule has 1 aromatic carbocycles. The van der Waals surface area contributed by atoms with Crippen LogP contribution >= 0.6 is 11.6 Å². The maximum atomic E-state index is 6.13. The van der Waals surface area contributed by atoms with Gasteiger partial charge in [0.05, 0.1) is 11.9 Å². The highest BCUT2D eigenvalue weighted by atomic mass is 35.5. The van der Waals surface area contributed by atoms with Crippen molar-refractivity contribution >= 4 is 17.4 Å². The van der Waals surface area contributed by atoms with Crippen LogP contribution in [-0.4, -0.2) is 25.0 Å². The number of nitrogen functional groups attached to an aromatic ring is 1. The highest BCUT2D eigenvalue weighted by molar-refractivity contribution is 6.35. The zero-order valence-corrected chi connectivity index (χ0v) is 10.5. The number of nitrogens with two attached hydrogens (primary N) is 1. The van der Waals surface area contributed by atoms with Gasteiger partial charge in [-0.2, -0.15) is 0 Å². The molecule has 0 fully saturated rings. The Morgan fingerprint density at radius 2 is 1.89 bits per heavy atom. The molecule has 7 heteroatoms. The van der Waals surface area contributed by atoms with E-state index in [1.54, 1.807) is 10.9 Å². The lowest BCUT2D eigenvalue weighted by Gasteiger charge is -2.07. The third-order valence-corrected chi connectivity index (χ3v) is 2.98. The maximum absolute atomic E-state index is 6.13. The summed E-state index contributed by atoms with van der Waals surface area (Å²) in [7, 11) is 0. The first kappa shape index (κ1) is 11.6. The van der Waals surface area contributed by atoms with Crippen molar-refractivity contribution in [2.45, 2.75) is 0 Å². The Morgan fingerprint density at radius 3 is 2.68 bits per heavy atom. The van der Waals surface area contributed by atoms with Gasteiger partial charge in [0.25, 0.3) is 0 Å². The fourth-order valence-corrected chi connectivity index (χ4v) is 1.91. The number of rotatable bonds is 2. The fraction of sp³-hybridized carbons (Fsp3) is 0. The Kier molecular flexibility index (Phi) is 2.85. The van der Waals surface area contributed by atoms with Gasteiger partial charge in [-0.05, 0) is 12.1 Å². The van der Waals surface area contributed by atoms with Crippen molar-refractivity contribution in [3.8, 4) is 17.1 Å². The first-order valence-corrected chi connectivity index (χ1v) is 5.87. The zero-order chi connectivity index (χ0) is 13.2. The van der Waals surface area contributed by atoms with Gasteiger partial charge in [-0.25, -0.2) is 14.6 Å². The van der Waals surface area contributed by atoms with Crippen molar-refractivity contribution in [2.75, 3.05) is 5.73 Å². The quantitative estimate of drug-likeness (QED) is 0.771. The Morgan fingerprint density at radius 1 is 1.11 bits per heavy atom. The molecule has 0 unspecified atom stereocenters. The number of benzene rings is 1. The van der Waals surface area contributed by atoms with E-state index in [2.05, 4.69) is 20.3 Å². The maximum Gasteiger partial charge on any atom is 0.146 e. The summed E-state index contributed by atoms with van der Waals surface area (Å²) in [5.41, 5.74) is 7.71. The van der Waals surface area contributed by atoms with Crippen LogP contribution in [0.25, 0.3) is 17.1 Å². The highest BCUT2D eigenvalue weighted by Crippen LogP contribution is 2.29. The van der Waals surface area contributed by atoms with Crippen molar-refractivity contribution < 1.29 is 0 Å². The molecule has 0 saturated heterocycles. The van der Waals surface area contributed by atoms with Crippen molar-refractivity contribution in [3.05, 3.63) is 47.9 Å². The molecule has 2 heterocycles. The Balaban J connectivity index is 2.18. The van der Waals surface area contributed by atoms with Crippen molar-refractivity contribution in [3.63, 3.8) is 0 Å². The van der Waals surface area contributed by atoms with Gasteiger partial charge in [-0.1, -0.05) is 35.0 Å². The van der Waals surface area contributed by atoms with E-state index in [-0.39, 0.29) is 5.82 Å². The number of hydrogen-bond acceptors (Lipinski definition) is 5. The largest absolute Gasteiger partial charge is 0.382 e. The molecule has 3 rings (SSSR count). The Hall–Kier alpha value is -2.47. The van der Waals surface area contributed by atoms with E-state index in [0.29, 0.717) is 16.4 Å². The predicted molar refractivity (Wildman–Crippen MR) is 71.8 cm³/mol. The second kappa shape index (κ2) is 4.66. The van der Waals surface area contributed by atoms with Gasteiger partial charge in [-0.3, -0.25) is 0 Å². The summed E-state index contributed by atoms with van der Waals surface area (Å²) in [6.07, 6.45) is 2.94. The standard InChI is InChI=1S/C12H9ClN6/c13-10-11(15-7-16-12(10)14)9-6-17-18-19(9)8-4-2-1-3-5-8/h1-7H,(H2,14,15,16). The predicted octanol–water partition coefficient (Wildman–Crippen LogP) is 1.96. The summed E-state index contributed by atoms with van der Waals surface area (Å²) in [6.45, 7) is 0. The molecule has 0 saturated carbocycles. The van der Waals surface area contributed by atoms with E-state index in [1.807, 2.05) is 30.3 Å². The van der Waals surface area contributed by atoms with Gasteiger partial charge in [0.2, 0.25) is 0 Å². The molecule has 0 bridgehead atoms. The van der Waals surface area contributed by atoms with Gasteiger partial charge in [0, 0.05) is 0 Å². The normalized spacial score (nSPS) is 10.6. The number of halogens is 1. The molecule has 6 nitrogen and oxygen atoms in total. The average Bonchev–Trinajstić information content (AvgIpc) is 2.92. The van der Waals surface area contributed by atoms with Gasteiger partial charge < -0.3 is 5.73 Å². The molecular formula is C12H9ClN6. The summed E-state index contributed by atoms with van der Waals surface area (Å²) < 4.78 is 1.65. The Labute approximate surface area is 113 Å². The average molecular weight is 273 g/mol. The Bertz CT molecular complexity index is 709. The van der Waals surface area contributed by atoms with E-state index >= 15 is 0 Å².